The van der Waals surface area contributed by atoms with Crippen molar-refractivity contribution in [3.8, 4) is 0 Å². The number of carbonyl (C=O) groups is 2. The maximum atomic E-state index is 10.7. The van der Waals surface area contributed by atoms with Gasteiger partial charge < -0.3 is 22.1 Å². The number of anilines is 3. The van der Waals surface area contributed by atoms with Crippen molar-refractivity contribution >= 4 is 29.4 Å². The minimum Gasteiger partial charge on any atom is -0.399 e. The van der Waals surface area contributed by atoms with Gasteiger partial charge in [-0.15, -0.1) is 0 Å². The number of amides is 2. The van der Waals surface area contributed by atoms with Crippen LogP contribution in [0, 0.1) is 0 Å². The van der Waals surface area contributed by atoms with E-state index < -0.39 is 0 Å². The van der Waals surface area contributed by atoms with Gasteiger partial charge in [0.1, 0.15) is 0 Å². The molecule has 0 fully saturated rings. The molecule has 0 unspecified atom stereocenters. The fourth-order valence-corrected chi connectivity index (χ4v) is 1.43. The van der Waals surface area contributed by atoms with Gasteiger partial charge in [-0.3, -0.25) is 9.59 Å². The van der Waals surface area contributed by atoms with E-state index in [1.807, 2.05) is 30.3 Å². The largest absolute Gasteiger partial charge is 0.399 e. The Hall–Kier alpha value is -2.86. The van der Waals surface area contributed by atoms with Crippen LogP contribution in [0.1, 0.15) is 0 Å². The standard InChI is InChI=1S/C8H10N2O.C7H8N2O/c9-6-8(11)10-7-4-2-1-3-5-7;8-6-2-1-3-7(4-6)9-5-10/h1-5H,6,9H2,(H,10,11);1-5H,8H2,(H,9,10). The van der Waals surface area contributed by atoms with Gasteiger partial charge in [0.2, 0.25) is 12.3 Å². The molecule has 6 heteroatoms. The molecule has 2 aromatic carbocycles. The first-order valence-corrected chi connectivity index (χ1v) is 6.26. The molecule has 0 atom stereocenters. The van der Waals surface area contributed by atoms with Crippen LogP contribution < -0.4 is 22.1 Å². The molecule has 0 saturated carbocycles. The predicted octanol–water partition coefficient (Wildman–Crippen LogP) is 1.42. The summed E-state index contributed by atoms with van der Waals surface area (Å²) in [7, 11) is 0. The number of rotatable bonds is 4. The zero-order valence-corrected chi connectivity index (χ0v) is 11.5. The van der Waals surface area contributed by atoms with Crippen molar-refractivity contribution in [3.63, 3.8) is 0 Å². The summed E-state index contributed by atoms with van der Waals surface area (Å²) in [5.41, 5.74) is 12.7. The lowest BCUT2D eigenvalue weighted by molar-refractivity contribution is -0.115. The van der Waals surface area contributed by atoms with Crippen LogP contribution in [0.15, 0.2) is 54.6 Å². The van der Waals surface area contributed by atoms with Crippen LogP contribution in [-0.4, -0.2) is 18.9 Å². The zero-order valence-electron chi connectivity index (χ0n) is 11.5. The lowest BCUT2D eigenvalue weighted by Crippen LogP contribution is -2.21. The van der Waals surface area contributed by atoms with E-state index in [1.54, 1.807) is 24.3 Å². The third-order valence-electron chi connectivity index (χ3n) is 2.36. The molecule has 6 N–H and O–H groups in total. The fourth-order valence-electron chi connectivity index (χ4n) is 1.43. The first-order valence-electron chi connectivity index (χ1n) is 6.26. The molecule has 0 aliphatic rings. The average molecular weight is 286 g/mol. The molecule has 0 bridgehead atoms. The van der Waals surface area contributed by atoms with Crippen molar-refractivity contribution in [2.45, 2.75) is 0 Å². The lowest BCUT2D eigenvalue weighted by Gasteiger charge is -2.00. The molecule has 110 valence electrons. The molecule has 0 aliphatic heterocycles. The van der Waals surface area contributed by atoms with E-state index in [-0.39, 0.29) is 12.5 Å². The van der Waals surface area contributed by atoms with Gasteiger partial charge in [0, 0.05) is 17.1 Å². The molecule has 21 heavy (non-hydrogen) atoms. The van der Waals surface area contributed by atoms with Gasteiger partial charge in [-0.2, -0.15) is 0 Å². The molecular weight excluding hydrogens is 268 g/mol. The maximum Gasteiger partial charge on any atom is 0.238 e. The Labute approximate surface area is 123 Å². The van der Waals surface area contributed by atoms with Crippen LogP contribution in [0.4, 0.5) is 17.1 Å². The van der Waals surface area contributed by atoms with E-state index in [0.29, 0.717) is 12.1 Å². The highest BCUT2D eigenvalue weighted by molar-refractivity contribution is 5.91. The number of benzene rings is 2. The Morgan fingerprint density at radius 3 is 2.29 bits per heavy atom. The van der Waals surface area contributed by atoms with E-state index in [4.69, 9.17) is 11.5 Å². The topological polar surface area (TPSA) is 110 Å². The van der Waals surface area contributed by atoms with Crippen molar-refractivity contribution < 1.29 is 9.59 Å². The molecule has 0 saturated heterocycles. The van der Waals surface area contributed by atoms with E-state index >= 15 is 0 Å². The van der Waals surface area contributed by atoms with E-state index in [9.17, 15) is 9.59 Å². The second-order valence-electron chi connectivity index (χ2n) is 4.01. The van der Waals surface area contributed by atoms with Crippen LogP contribution in [0.25, 0.3) is 0 Å². The zero-order chi connectivity index (χ0) is 15.5. The lowest BCUT2D eigenvalue weighted by atomic mass is 10.3. The molecule has 0 radical (unpaired) electrons. The number of nitrogen functional groups attached to an aromatic ring is 1. The molecule has 0 aromatic heterocycles. The van der Waals surface area contributed by atoms with Crippen molar-refractivity contribution in [2.24, 2.45) is 5.73 Å². The number of nitrogens with one attached hydrogen (secondary N) is 2. The first kappa shape index (κ1) is 16.2. The fraction of sp³-hybridized carbons (Fsp3) is 0.0667. The summed E-state index contributed by atoms with van der Waals surface area (Å²) in [6, 6.07) is 16.2. The summed E-state index contributed by atoms with van der Waals surface area (Å²) in [4.78, 5) is 20.7. The molecular formula is C15H18N4O2. The molecule has 6 nitrogen and oxygen atoms in total. The van der Waals surface area contributed by atoms with Crippen molar-refractivity contribution in [3.05, 3.63) is 54.6 Å². The number of para-hydroxylation sites is 1. The van der Waals surface area contributed by atoms with Gasteiger partial charge in [0.25, 0.3) is 0 Å². The summed E-state index contributed by atoms with van der Waals surface area (Å²) < 4.78 is 0. The molecule has 0 aliphatic carbocycles. The smallest absolute Gasteiger partial charge is 0.238 e. The molecule has 2 rings (SSSR count). The first-order chi connectivity index (χ1) is 10.2. The molecule has 2 amide bonds. The van der Waals surface area contributed by atoms with Crippen LogP contribution in [0.5, 0.6) is 0 Å². The Kier molecular flexibility index (Phi) is 7.02. The second kappa shape index (κ2) is 9.11. The van der Waals surface area contributed by atoms with Gasteiger partial charge in [-0.1, -0.05) is 24.3 Å². The van der Waals surface area contributed by atoms with Crippen LogP contribution >= 0.6 is 0 Å². The average Bonchev–Trinajstić information content (AvgIpc) is 2.49. The number of hydrogen-bond acceptors (Lipinski definition) is 4. The number of hydrogen-bond donors (Lipinski definition) is 4. The molecule has 0 spiro atoms. The molecule has 0 heterocycles. The SMILES string of the molecule is NCC(=O)Nc1ccccc1.Nc1cccc(NC=O)c1. The summed E-state index contributed by atoms with van der Waals surface area (Å²) in [6.45, 7) is 0.0227. The van der Waals surface area contributed by atoms with Gasteiger partial charge in [0.05, 0.1) is 6.54 Å². The second-order valence-corrected chi connectivity index (χ2v) is 4.01. The molecule has 2 aromatic rings. The summed E-state index contributed by atoms with van der Waals surface area (Å²) >= 11 is 0. The van der Waals surface area contributed by atoms with Gasteiger partial charge in [-0.25, -0.2) is 0 Å². The van der Waals surface area contributed by atoms with E-state index in [0.717, 1.165) is 11.4 Å². The van der Waals surface area contributed by atoms with E-state index in [2.05, 4.69) is 10.6 Å². The quantitative estimate of drug-likeness (QED) is 0.503. The highest BCUT2D eigenvalue weighted by Crippen LogP contribution is 2.10. The normalized spacial score (nSPS) is 9.00. The van der Waals surface area contributed by atoms with Crippen LogP contribution in [0.3, 0.4) is 0 Å². The summed E-state index contributed by atoms with van der Waals surface area (Å²) in [6.07, 6.45) is 0.620. The van der Waals surface area contributed by atoms with Crippen LogP contribution in [0.2, 0.25) is 0 Å². The van der Waals surface area contributed by atoms with Crippen molar-refractivity contribution in [1.82, 2.24) is 0 Å². The third kappa shape index (κ3) is 6.74. The summed E-state index contributed by atoms with van der Waals surface area (Å²) in [5, 5.41) is 5.12. The minimum atomic E-state index is -0.170. The minimum absolute atomic E-state index is 0.0227. The monoisotopic (exact) mass is 286 g/mol. The van der Waals surface area contributed by atoms with Gasteiger partial charge >= 0.3 is 0 Å². The van der Waals surface area contributed by atoms with Crippen molar-refractivity contribution in [2.75, 3.05) is 22.9 Å². The Balaban J connectivity index is 0.000000211. The number of nitrogens with two attached hydrogens (primary N) is 2. The van der Waals surface area contributed by atoms with Crippen molar-refractivity contribution in [1.29, 1.82) is 0 Å². The summed E-state index contributed by atoms with van der Waals surface area (Å²) in [5.74, 6) is -0.170. The Morgan fingerprint density at radius 1 is 1.05 bits per heavy atom. The Morgan fingerprint density at radius 2 is 1.71 bits per heavy atom. The highest BCUT2D eigenvalue weighted by atomic mass is 16.1. The maximum absolute atomic E-state index is 10.7. The van der Waals surface area contributed by atoms with E-state index in [1.165, 1.54) is 0 Å². The van der Waals surface area contributed by atoms with Crippen LogP contribution in [-0.2, 0) is 9.59 Å². The highest BCUT2D eigenvalue weighted by Gasteiger charge is 1.95. The Bertz CT molecular complexity index is 573. The number of carbonyl (C=O) groups excluding carboxylic acids is 2. The van der Waals surface area contributed by atoms with Gasteiger partial charge in [-0.05, 0) is 30.3 Å². The third-order valence-corrected chi connectivity index (χ3v) is 2.36. The van der Waals surface area contributed by atoms with Gasteiger partial charge in [0.15, 0.2) is 0 Å². The predicted molar refractivity (Wildman–Crippen MR) is 84.7 cm³/mol.